The third kappa shape index (κ3) is 7.24. The van der Waals surface area contributed by atoms with Gasteiger partial charge in [-0.2, -0.15) is 0 Å². The van der Waals surface area contributed by atoms with E-state index in [9.17, 15) is 15.0 Å². The standard InChI is InChI=1S/C23H27BrN2O3.C7H16/c1-2-3-20(29)26-8-6-14(7-9-26)22-21-15(11-18(27)12-19(21)28)4-5-16-10-17(24)13-25-23(16)22;1-3-5-7-6-4-2/h10-14,22,27-28H,2-9H2,1H3;3-7H2,1-2H3. The number of aromatic hydroxyl groups is 2. The number of benzene rings is 1. The van der Waals surface area contributed by atoms with Gasteiger partial charge in [-0.05, 0) is 77.2 Å². The molecule has 0 spiro atoms. The summed E-state index contributed by atoms with van der Waals surface area (Å²) in [5.74, 6) is 0.745. The molecule has 36 heavy (non-hydrogen) atoms. The molecule has 0 saturated carbocycles. The van der Waals surface area contributed by atoms with E-state index in [1.165, 1.54) is 43.7 Å². The summed E-state index contributed by atoms with van der Waals surface area (Å²) < 4.78 is 0.952. The van der Waals surface area contributed by atoms with Gasteiger partial charge in [0.2, 0.25) is 5.91 Å². The van der Waals surface area contributed by atoms with Gasteiger partial charge in [0.15, 0.2) is 0 Å². The number of nitrogens with zero attached hydrogens (tertiary/aromatic N) is 2. The van der Waals surface area contributed by atoms with Gasteiger partial charge >= 0.3 is 0 Å². The molecule has 0 bridgehead atoms. The number of carbonyl (C=O) groups is 1. The Balaban J connectivity index is 0.000000454. The van der Waals surface area contributed by atoms with E-state index in [2.05, 4.69) is 35.8 Å². The first-order valence-electron chi connectivity index (χ1n) is 13.9. The Bertz CT molecular complexity index is 998. The lowest BCUT2D eigenvalue weighted by atomic mass is 9.76. The fraction of sp³-hybridized carbons (Fsp3) is 0.600. The number of hydrogen-bond donors (Lipinski definition) is 2. The minimum atomic E-state index is -0.0281. The van der Waals surface area contributed by atoms with E-state index < -0.39 is 0 Å². The molecule has 2 heterocycles. The van der Waals surface area contributed by atoms with Crippen molar-refractivity contribution < 1.29 is 15.0 Å². The van der Waals surface area contributed by atoms with Crippen LogP contribution in [0.5, 0.6) is 11.5 Å². The second-order valence-corrected chi connectivity index (χ2v) is 11.2. The zero-order chi connectivity index (χ0) is 26.1. The number of likely N-dealkylation sites (tertiary alicyclic amines) is 1. The van der Waals surface area contributed by atoms with E-state index in [1.807, 2.05) is 18.0 Å². The van der Waals surface area contributed by atoms with Gasteiger partial charge in [-0.3, -0.25) is 9.78 Å². The Hall–Kier alpha value is -2.08. The lowest BCUT2D eigenvalue weighted by molar-refractivity contribution is -0.132. The molecule has 2 N–H and O–H groups in total. The van der Waals surface area contributed by atoms with E-state index in [-0.39, 0.29) is 23.3 Å². The van der Waals surface area contributed by atoms with Crippen LogP contribution in [0.1, 0.15) is 107 Å². The zero-order valence-electron chi connectivity index (χ0n) is 22.2. The summed E-state index contributed by atoms with van der Waals surface area (Å²) >= 11 is 3.54. The molecule has 1 unspecified atom stereocenters. The number of fused-ring (bicyclic) bond motifs is 2. The van der Waals surface area contributed by atoms with Crippen molar-refractivity contribution >= 4 is 21.8 Å². The average Bonchev–Trinajstić information content (AvgIpc) is 3.02. The van der Waals surface area contributed by atoms with Gasteiger partial charge in [0, 0.05) is 47.7 Å². The molecule has 0 radical (unpaired) electrons. The molecule has 2 aromatic rings. The van der Waals surface area contributed by atoms with Crippen LogP contribution in [0.15, 0.2) is 28.9 Å². The number of pyridine rings is 1. The van der Waals surface area contributed by atoms with E-state index in [4.69, 9.17) is 4.98 Å². The first kappa shape index (κ1) is 28.5. The predicted molar refractivity (Wildman–Crippen MR) is 150 cm³/mol. The van der Waals surface area contributed by atoms with Crippen molar-refractivity contribution in [2.75, 3.05) is 13.1 Å². The number of amides is 1. The molecule has 1 aliphatic carbocycles. The van der Waals surface area contributed by atoms with Crippen LogP contribution >= 0.6 is 15.9 Å². The van der Waals surface area contributed by atoms with Crippen molar-refractivity contribution in [2.45, 2.75) is 97.3 Å². The SMILES string of the molecule is CCCC(=O)N1CCC(C2c3ncc(Br)cc3CCc3cc(O)cc(O)c32)CC1.CCCCCCC. The Morgan fingerprint density at radius 1 is 0.972 bits per heavy atom. The maximum Gasteiger partial charge on any atom is 0.222 e. The van der Waals surface area contributed by atoms with Crippen LogP contribution in [0.25, 0.3) is 0 Å². The molecular weight excluding hydrogens is 516 g/mol. The highest BCUT2D eigenvalue weighted by molar-refractivity contribution is 9.10. The third-order valence-corrected chi connectivity index (χ3v) is 7.93. The number of rotatable bonds is 7. The van der Waals surface area contributed by atoms with Crippen LogP contribution in [0.3, 0.4) is 0 Å². The van der Waals surface area contributed by atoms with Crippen LogP contribution in [-0.2, 0) is 17.6 Å². The number of phenols is 2. The molecule has 198 valence electrons. The fourth-order valence-electron chi connectivity index (χ4n) is 5.61. The van der Waals surface area contributed by atoms with Crippen LogP contribution in [-0.4, -0.2) is 39.1 Å². The number of halogens is 1. The molecule has 1 saturated heterocycles. The number of unbranched alkanes of at least 4 members (excludes halogenated alkanes) is 4. The molecule has 1 aromatic heterocycles. The molecular formula is C30H43BrN2O3. The molecule has 6 heteroatoms. The van der Waals surface area contributed by atoms with Gasteiger partial charge in [0.1, 0.15) is 11.5 Å². The Morgan fingerprint density at radius 2 is 1.64 bits per heavy atom. The third-order valence-electron chi connectivity index (χ3n) is 7.50. The van der Waals surface area contributed by atoms with Crippen molar-refractivity contribution in [3.8, 4) is 11.5 Å². The number of carbonyl (C=O) groups excluding carboxylic acids is 1. The highest BCUT2D eigenvalue weighted by atomic mass is 79.9. The second-order valence-electron chi connectivity index (χ2n) is 10.2. The molecule has 2 aliphatic rings. The summed E-state index contributed by atoms with van der Waals surface area (Å²) in [5.41, 5.74) is 4.09. The van der Waals surface area contributed by atoms with Crippen LogP contribution in [0.2, 0.25) is 0 Å². The first-order valence-corrected chi connectivity index (χ1v) is 14.7. The monoisotopic (exact) mass is 558 g/mol. The van der Waals surface area contributed by atoms with Crippen molar-refractivity contribution in [2.24, 2.45) is 5.92 Å². The smallest absolute Gasteiger partial charge is 0.222 e. The lowest BCUT2D eigenvalue weighted by Crippen LogP contribution is -2.40. The number of aromatic nitrogens is 1. The van der Waals surface area contributed by atoms with E-state index in [1.54, 1.807) is 6.07 Å². The highest BCUT2D eigenvalue weighted by Crippen LogP contribution is 2.47. The van der Waals surface area contributed by atoms with Crippen molar-refractivity contribution in [3.63, 3.8) is 0 Å². The van der Waals surface area contributed by atoms with E-state index in [0.717, 1.165) is 66.5 Å². The van der Waals surface area contributed by atoms with Gasteiger partial charge in [0.05, 0.1) is 5.69 Å². The van der Waals surface area contributed by atoms with Gasteiger partial charge in [-0.25, -0.2) is 0 Å². The van der Waals surface area contributed by atoms with Gasteiger partial charge in [-0.15, -0.1) is 0 Å². The molecule has 1 fully saturated rings. The van der Waals surface area contributed by atoms with Crippen LogP contribution in [0.4, 0.5) is 0 Å². The fourth-order valence-corrected chi connectivity index (χ4v) is 5.99. The number of hydrogen-bond acceptors (Lipinski definition) is 4. The molecule has 1 amide bonds. The van der Waals surface area contributed by atoms with Crippen molar-refractivity contribution in [1.29, 1.82) is 0 Å². The summed E-state index contributed by atoms with van der Waals surface area (Å²) in [7, 11) is 0. The number of piperidine rings is 1. The Labute approximate surface area is 225 Å². The minimum absolute atomic E-state index is 0.0281. The average molecular weight is 560 g/mol. The topological polar surface area (TPSA) is 73.7 Å². The van der Waals surface area contributed by atoms with Gasteiger partial charge in [-0.1, -0.05) is 52.9 Å². The number of phenolic OH excluding ortho intramolecular Hbond substituents is 2. The number of aryl methyl sites for hydroxylation is 2. The van der Waals surface area contributed by atoms with Crippen LogP contribution in [0, 0.1) is 5.92 Å². The second kappa shape index (κ2) is 14.0. The predicted octanol–water partition coefficient (Wildman–Crippen LogP) is 7.50. The maximum absolute atomic E-state index is 12.3. The lowest BCUT2D eigenvalue weighted by Gasteiger charge is -2.37. The van der Waals surface area contributed by atoms with Crippen molar-refractivity contribution in [3.05, 3.63) is 51.3 Å². The summed E-state index contributed by atoms with van der Waals surface area (Å²) in [6, 6.07) is 5.34. The van der Waals surface area contributed by atoms with E-state index >= 15 is 0 Å². The molecule has 1 aromatic carbocycles. The van der Waals surface area contributed by atoms with Crippen molar-refractivity contribution in [1.82, 2.24) is 9.88 Å². The summed E-state index contributed by atoms with van der Waals surface area (Å²) in [6.45, 7) is 8.03. The molecule has 1 aliphatic heterocycles. The minimum Gasteiger partial charge on any atom is -0.508 e. The summed E-state index contributed by atoms with van der Waals surface area (Å²) in [5, 5.41) is 20.8. The van der Waals surface area contributed by atoms with E-state index in [0.29, 0.717) is 12.3 Å². The molecule has 5 nitrogen and oxygen atoms in total. The Kier molecular flexibility index (Phi) is 11.1. The maximum atomic E-state index is 12.3. The zero-order valence-corrected chi connectivity index (χ0v) is 23.8. The van der Waals surface area contributed by atoms with Crippen LogP contribution < -0.4 is 0 Å². The molecule has 1 atom stereocenters. The first-order chi connectivity index (χ1) is 17.4. The summed E-state index contributed by atoms with van der Waals surface area (Å²) in [4.78, 5) is 19.1. The largest absolute Gasteiger partial charge is 0.508 e. The summed E-state index contributed by atoms with van der Waals surface area (Å²) in [6.07, 6.45) is 13.7. The van der Waals surface area contributed by atoms with Gasteiger partial charge in [0.25, 0.3) is 0 Å². The van der Waals surface area contributed by atoms with Gasteiger partial charge < -0.3 is 15.1 Å². The quantitative estimate of drug-likeness (QED) is 0.345. The molecule has 4 rings (SSSR count). The highest BCUT2D eigenvalue weighted by Gasteiger charge is 2.36. The normalized spacial score (nSPS) is 17.4. The Morgan fingerprint density at radius 3 is 2.28 bits per heavy atom.